The van der Waals surface area contributed by atoms with Crippen LogP contribution in [0.3, 0.4) is 0 Å². The van der Waals surface area contributed by atoms with E-state index in [2.05, 4.69) is 5.32 Å². The van der Waals surface area contributed by atoms with Gasteiger partial charge in [-0.05, 0) is 50.5 Å². The summed E-state index contributed by atoms with van der Waals surface area (Å²) in [6.45, 7) is 0.983. The van der Waals surface area contributed by atoms with E-state index in [1.165, 1.54) is 0 Å². The molecule has 2 rings (SSSR count). The Labute approximate surface area is 113 Å². The van der Waals surface area contributed by atoms with Gasteiger partial charge in [-0.25, -0.2) is 0 Å². The highest BCUT2D eigenvalue weighted by Gasteiger charge is 2.36. The zero-order valence-corrected chi connectivity index (χ0v) is 11.5. The van der Waals surface area contributed by atoms with Crippen molar-refractivity contribution in [2.75, 3.05) is 6.54 Å². The molecule has 1 aliphatic carbocycles. The first kappa shape index (κ1) is 13.9. The molecule has 4 N–H and O–H groups in total. The molecule has 0 amide bonds. The number of hydrogen-bond acceptors (Lipinski definition) is 3. The number of halogens is 2. The Morgan fingerprint density at radius 2 is 1.88 bits per heavy atom. The molecule has 0 aromatic rings. The van der Waals surface area contributed by atoms with Crippen LogP contribution in [0.1, 0.15) is 32.1 Å². The molecular weight excluding hydrogens is 259 g/mol. The molecule has 3 nitrogen and oxygen atoms in total. The SMILES string of the molecule is NC1CC(CC2CC(Cl)C(Cl)CC2O)CCN1. The molecule has 5 heteroatoms. The van der Waals surface area contributed by atoms with Gasteiger partial charge in [-0.2, -0.15) is 0 Å². The second-order valence-corrected chi connectivity index (χ2v) is 6.64. The van der Waals surface area contributed by atoms with Crippen molar-refractivity contribution in [2.24, 2.45) is 17.6 Å². The van der Waals surface area contributed by atoms with Gasteiger partial charge in [0.25, 0.3) is 0 Å². The number of nitrogens with two attached hydrogens (primary N) is 1. The molecule has 1 aliphatic heterocycles. The molecule has 1 heterocycles. The van der Waals surface area contributed by atoms with Crippen molar-refractivity contribution < 1.29 is 5.11 Å². The van der Waals surface area contributed by atoms with Crippen LogP contribution in [0.5, 0.6) is 0 Å². The first-order chi connectivity index (χ1) is 8.06. The molecule has 6 unspecified atom stereocenters. The highest BCUT2D eigenvalue weighted by molar-refractivity contribution is 6.30. The van der Waals surface area contributed by atoms with Crippen molar-refractivity contribution in [2.45, 2.75) is 55.1 Å². The van der Waals surface area contributed by atoms with Gasteiger partial charge in [0, 0.05) is 0 Å². The van der Waals surface area contributed by atoms with Crippen LogP contribution in [0.15, 0.2) is 0 Å². The third-order valence-electron chi connectivity index (χ3n) is 4.11. The Bertz CT molecular complexity index is 255. The Hall–Kier alpha value is 0.460. The molecule has 0 aromatic carbocycles. The lowest BCUT2D eigenvalue weighted by molar-refractivity contribution is 0.0539. The van der Waals surface area contributed by atoms with Crippen molar-refractivity contribution in [3.8, 4) is 0 Å². The van der Waals surface area contributed by atoms with Gasteiger partial charge in [-0.15, -0.1) is 23.2 Å². The van der Waals surface area contributed by atoms with Gasteiger partial charge in [0.2, 0.25) is 0 Å². The van der Waals surface area contributed by atoms with Crippen molar-refractivity contribution >= 4 is 23.2 Å². The monoisotopic (exact) mass is 280 g/mol. The molecule has 0 spiro atoms. The zero-order valence-electron chi connectivity index (χ0n) is 9.99. The van der Waals surface area contributed by atoms with Gasteiger partial charge < -0.3 is 16.2 Å². The Morgan fingerprint density at radius 1 is 1.18 bits per heavy atom. The third-order valence-corrected chi connectivity index (χ3v) is 5.21. The van der Waals surface area contributed by atoms with Crippen LogP contribution in [-0.2, 0) is 0 Å². The Balaban J connectivity index is 1.85. The molecular formula is C12H22Cl2N2O. The minimum absolute atomic E-state index is 0.000422. The van der Waals surface area contributed by atoms with Crippen LogP contribution < -0.4 is 11.1 Å². The number of rotatable bonds is 2. The summed E-state index contributed by atoms with van der Waals surface area (Å²) in [5, 5.41) is 13.2. The van der Waals surface area contributed by atoms with Gasteiger partial charge in [0.05, 0.1) is 23.0 Å². The summed E-state index contributed by atoms with van der Waals surface area (Å²) in [6, 6.07) is 0. The molecule has 0 radical (unpaired) electrons. The summed E-state index contributed by atoms with van der Waals surface area (Å²) >= 11 is 12.3. The molecule has 1 saturated heterocycles. The van der Waals surface area contributed by atoms with Crippen LogP contribution in [0.4, 0.5) is 0 Å². The average Bonchev–Trinajstić information content (AvgIpc) is 2.26. The normalized spacial score (nSPS) is 48.0. The van der Waals surface area contributed by atoms with Crippen LogP contribution in [-0.4, -0.2) is 34.7 Å². The first-order valence-corrected chi connectivity index (χ1v) is 7.38. The Morgan fingerprint density at radius 3 is 2.59 bits per heavy atom. The lowest BCUT2D eigenvalue weighted by Crippen LogP contribution is -2.45. The maximum Gasteiger partial charge on any atom is 0.0583 e. The van der Waals surface area contributed by atoms with Crippen LogP contribution in [0.2, 0.25) is 0 Å². The number of piperidine rings is 1. The second-order valence-electron chi connectivity index (χ2n) is 5.52. The molecule has 17 heavy (non-hydrogen) atoms. The lowest BCUT2D eigenvalue weighted by atomic mass is 9.77. The van der Waals surface area contributed by atoms with E-state index in [9.17, 15) is 5.11 Å². The van der Waals surface area contributed by atoms with E-state index in [0.717, 1.165) is 32.2 Å². The topological polar surface area (TPSA) is 58.3 Å². The Kier molecular flexibility index (Phi) is 4.96. The molecule has 2 fully saturated rings. The molecule has 0 aromatic heterocycles. The number of aliphatic hydroxyl groups is 1. The smallest absolute Gasteiger partial charge is 0.0583 e. The molecule has 100 valence electrons. The standard InChI is InChI=1S/C12H22Cl2N2O/c13-9-5-8(11(17)6-10(9)14)3-7-1-2-16-12(15)4-7/h7-12,16-17H,1-6,15H2. The van der Waals surface area contributed by atoms with Crippen molar-refractivity contribution in [1.82, 2.24) is 5.32 Å². The van der Waals surface area contributed by atoms with E-state index in [1.54, 1.807) is 0 Å². The van der Waals surface area contributed by atoms with Gasteiger partial charge in [-0.1, -0.05) is 0 Å². The van der Waals surface area contributed by atoms with Crippen molar-refractivity contribution in [1.29, 1.82) is 0 Å². The summed E-state index contributed by atoms with van der Waals surface area (Å²) in [5.74, 6) is 0.907. The maximum absolute atomic E-state index is 10.1. The lowest BCUT2D eigenvalue weighted by Gasteiger charge is -2.37. The minimum atomic E-state index is -0.293. The fourth-order valence-electron chi connectivity index (χ4n) is 3.09. The summed E-state index contributed by atoms with van der Waals surface area (Å²) in [5.41, 5.74) is 5.89. The number of aliphatic hydroxyl groups excluding tert-OH is 1. The zero-order chi connectivity index (χ0) is 12.4. The van der Waals surface area contributed by atoms with Crippen LogP contribution >= 0.6 is 23.2 Å². The number of nitrogens with one attached hydrogen (secondary N) is 1. The van der Waals surface area contributed by atoms with Crippen LogP contribution in [0.25, 0.3) is 0 Å². The third kappa shape index (κ3) is 3.71. The predicted molar refractivity (Wildman–Crippen MR) is 71.3 cm³/mol. The van der Waals surface area contributed by atoms with E-state index in [4.69, 9.17) is 28.9 Å². The highest BCUT2D eigenvalue weighted by Crippen LogP contribution is 2.36. The molecule has 6 atom stereocenters. The van der Waals surface area contributed by atoms with E-state index in [1.807, 2.05) is 0 Å². The van der Waals surface area contributed by atoms with Crippen molar-refractivity contribution in [3.05, 3.63) is 0 Å². The number of hydrogen-bond donors (Lipinski definition) is 3. The first-order valence-electron chi connectivity index (χ1n) is 6.51. The molecule has 1 saturated carbocycles. The van der Waals surface area contributed by atoms with Gasteiger partial charge in [0.1, 0.15) is 0 Å². The average molecular weight is 281 g/mol. The van der Waals surface area contributed by atoms with E-state index < -0.39 is 0 Å². The van der Waals surface area contributed by atoms with E-state index in [-0.39, 0.29) is 23.0 Å². The largest absolute Gasteiger partial charge is 0.393 e. The highest BCUT2D eigenvalue weighted by atomic mass is 35.5. The number of alkyl halides is 2. The minimum Gasteiger partial charge on any atom is -0.393 e. The maximum atomic E-state index is 10.1. The predicted octanol–water partition coefficient (Wildman–Crippen LogP) is 1.65. The molecule has 2 aliphatic rings. The van der Waals surface area contributed by atoms with E-state index >= 15 is 0 Å². The van der Waals surface area contributed by atoms with Gasteiger partial charge >= 0.3 is 0 Å². The fourth-order valence-corrected chi connectivity index (χ4v) is 3.71. The fraction of sp³-hybridized carbons (Fsp3) is 1.00. The van der Waals surface area contributed by atoms with Crippen molar-refractivity contribution in [3.63, 3.8) is 0 Å². The van der Waals surface area contributed by atoms with Gasteiger partial charge in [-0.3, -0.25) is 0 Å². The van der Waals surface area contributed by atoms with E-state index in [0.29, 0.717) is 18.3 Å². The second kappa shape index (κ2) is 6.07. The summed E-state index contributed by atoms with van der Waals surface area (Å²) in [7, 11) is 0. The van der Waals surface area contributed by atoms with Gasteiger partial charge in [0.15, 0.2) is 0 Å². The summed E-state index contributed by atoms with van der Waals surface area (Å²) in [6.07, 6.45) is 4.45. The van der Waals surface area contributed by atoms with Crippen LogP contribution in [0, 0.1) is 11.8 Å². The summed E-state index contributed by atoms with van der Waals surface area (Å²) in [4.78, 5) is 0. The quantitative estimate of drug-likeness (QED) is 0.674. The molecule has 0 bridgehead atoms. The summed E-state index contributed by atoms with van der Waals surface area (Å²) < 4.78 is 0.